The molecule has 0 radical (unpaired) electrons. The number of carbonyl (C=O) groups is 1. The van der Waals surface area contributed by atoms with Gasteiger partial charge in [-0.1, -0.05) is 0 Å². The van der Waals surface area contributed by atoms with E-state index in [4.69, 9.17) is 9.72 Å². The number of carbonyl (C=O) groups excluding carboxylic acids is 1. The van der Waals surface area contributed by atoms with E-state index in [2.05, 4.69) is 32.2 Å². The zero-order valence-electron chi connectivity index (χ0n) is 17.8. The number of fused-ring (bicyclic) bond motifs is 1. The molecule has 0 bridgehead atoms. The molecule has 2 aliphatic heterocycles. The van der Waals surface area contributed by atoms with Crippen molar-refractivity contribution in [2.45, 2.75) is 39.3 Å². The topological polar surface area (TPSA) is 111 Å². The van der Waals surface area contributed by atoms with Gasteiger partial charge in [0.05, 0.1) is 18.1 Å². The lowest BCUT2D eigenvalue weighted by molar-refractivity contribution is -0.134. The van der Waals surface area contributed by atoms with Crippen LogP contribution in [0.1, 0.15) is 25.6 Å². The summed E-state index contributed by atoms with van der Waals surface area (Å²) in [5.74, 6) is 2.38. The minimum absolute atomic E-state index is 0.00375. The maximum absolute atomic E-state index is 12.7. The fraction of sp³-hybridized carbons (Fsp3) is 0.524. The minimum atomic E-state index is 0.00375. The van der Waals surface area contributed by atoms with Crippen LogP contribution in [0.15, 0.2) is 18.7 Å². The fourth-order valence-corrected chi connectivity index (χ4v) is 4.33. The Morgan fingerprint density at radius 1 is 1.23 bits per heavy atom. The first-order valence-electron chi connectivity index (χ1n) is 10.8. The van der Waals surface area contributed by atoms with Gasteiger partial charge in [0.25, 0.3) is 0 Å². The molecule has 3 aromatic rings. The number of ether oxygens (including phenoxy) is 1. The molecule has 0 aromatic carbocycles. The number of amides is 1. The lowest BCUT2D eigenvalue weighted by atomic mass is 10.1. The van der Waals surface area contributed by atoms with E-state index in [-0.39, 0.29) is 17.9 Å². The van der Waals surface area contributed by atoms with Gasteiger partial charge < -0.3 is 19.5 Å². The summed E-state index contributed by atoms with van der Waals surface area (Å²) < 4.78 is 7.42. The average molecular weight is 422 g/mol. The Morgan fingerprint density at radius 2 is 2.06 bits per heavy atom. The van der Waals surface area contributed by atoms with Crippen LogP contribution in [0.2, 0.25) is 0 Å². The van der Waals surface area contributed by atoms with Crippen molar-refractivity contribution >= 4 is 22.9 Å². The summed E-state index contributed by atoms with van der Waals surface area (Å²) in [5.41, 5.74) is 2.33. The Labute approximate surface area is 180 Å². The van der Waals surface area contributed by atoms with Gasteiger partial charge in [-0.25, -0.2) is 24.9 Å². The van der Waals surface area contributed by atoms with E-state index in [1.165, 1.54) is 0 Å². The van der Waals surface area contributed by atoms with E-state index in [0.717, 1.165) is 42.2 Å². The molecule has 1 N–H and O–H groups in total. The summed E-state index contributed by atoms with van der Waals surface area (Å²) in [7, 11) is 0. The van der Waals surface area contributed by atoms with Crippen molar-refractivity contribution in [2.75, 3.05) is 31.6 Å². The van der Waals surface area contributed by atoms with Crippen LogP contribution in [0.5, 0.6) is 0 Å². The summed E-state index contributed by atoms with van der Waals surface area (Å²) in [5, 5.41) is 3.50. The molecule has 162 valence electrons. The second-order valence-electron chi connectivity index (χ2n) is 8.07. The quantitative estimate of drug-likeness (QED) is 0.661. The third-order valence-corrected chi connectivity index (χ3v) is 6.01. The Balaban J connectivity index is 1.39. The highest BCUT2D eigenvalue weighted by Crippen LogP contribution is 2.28. The second-order valence-corrected chi connectivity index (χ2v) is 8.07. The molecule has 0 aliphatic carbocycles. The molecule has 1 amide bonds. The smallest absolute Gasteiger partial charge is 0.228 e. The average Bonchev–Trinajstić information content (AvgIpc) is 3.54. The Morgan fingerprint density at radius 3 is 2.81 bits per heavy atom. The van der Waals surface area contributed by atoms with Crippen molar-refractivity contribution in [1.82, 2.24) is 34.4 Å². The van der Waals surface area contributed by atoms with Crippen LogP contribution in [0, 0.1) is 12.8 Å². The summed E-state index contributed by atoms with van der Waals surface area (Å²) >= 11 is 0. The molecule has 10 heteroatoms. The molecule has 5 heterocycles. The fourth-order valence-electron chi connectivity index (χ4n) is 4.33. The Bertz CT molecular complexity index is 1090. The first-order chi connectivity index (χ1) is 15.1. The van der Waals surface area contributed by atoms with Gasteiger partial charge in [0.15, 0.2) is 17.0 Å². The van der Waals surface area contributed by atoms with Crippen LogP contribution < -0.4 is 5.32 Å². The second kappa shape index (κ2) is 8.18. The van der Waals surface area contributed by atoms with Crippen molar-refractivity contribution in [2.24, 2.45) is 5.92 Å². The van der Waals surface area contributed by atoms with Crippen LogP contribution in [0.25, 0.3) is 22.6 Å². The van der Waals surface area contributed by atoms with Crippen molar-refractivity contribution in [1.29, 1.82) is 0 Å². The van der Waals surface area contributed by atoms with E-state index in [1.807, 2.05) is 16.4 Å². The van der Waals surface area contributed by atoms with Gasteiger partial charge in [-0.2, -0.15) is 0 Å². The number of aryl methyl sites for hydroxylation is 2. The van der Waals surface area contributed by atoms with Gasteiger partial charge in [-0.05, 0) is 26.7 Å². The number of likely N-dealkylation sites (tertiary alicyclic amines) is 1. The molecule has 2 atom stereocenters. The maximum Gasteiger partial charge on any atom is 0.228 e. The first kappa shape index (κ1) is 19.8. The minimum Gasteiger partial charge on any atom is -0.381 e. The van der Waals surface area contributed by atoms with Crippen LogP contribution in [-0.4, -0.2) is 72.6 Å². The van der Waals surface area contributed by atoms with Crippen molar-refractivity contribution in [3.8, 4) is 11.4 Å². The molecule has 10 nitrogen and oxygen atoms in total. The summed E-state index contributed by atoms with van der Waals surface area (Å²) in [6.07, 6.45) is 6.81. The predicted molar refractivity (Wildman–Crippen MR) is 114 cm³/mol. The van der Waals surface area contributed by atoms with E-state index < -0.39 is 0 Å². The largest absolute Gasteiger partial charge is 0.381 e. The number of rotatable bonds is 5. The van der Waals surface area contributed by atoms with E-state index in [0.29, 0.717) is 37.6 Å². The van der Waals surface area contributed by atoms with Crippen molar-refractivity contribution in [3.05, 3.63) is 24.5 Å². The van der Waals surface area contributed by atoms with Crippen molar-refractivity contribution in [3.63, 3.8) is 0 Å². The number of nitrogens with zero attached hydrogens (tertiary/aromatic N) is 7. The molecular formula is C21H26N8O2. The summed E-state index contributed by atoms with van der Waals surface area (Å²) in [6, 6.07) is 0.127. The molecule has 2 aliphatic rings. The third kappa shape index (κ3) is 3.71. The highest BCUT2D eigenvalue weighted by atomic mass is 16.5. The molecule has 5 rings (SSSR count). The highest BCUT2D eigenvalue weighted by molar-refractivity contribution is 5.86. The standard InChI is InChI=1S/C21H26N8O2/c1-3-29-19(15-8-22-13(2)23-9-15)27-17-18(24-12-25-20(17)29)26-16-4-6-28(10-16)21(30)14-5-7-31-11-14/h8-9,12,14,16H,3-7,10-11H2,1-2H3,(H,24,25,26)/t14?,16-/m0/s1. The SMILES string of the molecule is CCn1c(-c2cnc(C)nc2)nc2c(N[C@H]3CCN(C(=O)C4CCOC4)C3)ncnc21. The molecule has 2 fully saturated rings. The molecule has 3 aromatic heterocycles. The molecule has 2 saturated heterocycles. The van der Waals surface area contributed by atoms with Crippen LogP contribution in [0.3, 0.4) is 0 Å². The van der Waals surface area contributed by atoms with Crippen molar-refractivity contribution < 1.29 is 9.53 Å². The number of imidazole rings is 1. The lowest BCUT2D eigenvalue weighted by Gasteiger charge is -2.20. The van der Waals surface area contributed by atoms with E-state index >= 15 is 0 Å². The van der Waals surface area contributed by atoms with Crippen LogP contribution in [0.4, 0.5) is 5.82 Å². The zero-order chi connectivity index (χ0) is 21.4. The zero-order valence-corrected chi connectivity index (χ0v) is 17.8. The van der Waals surface area contributed by atoms with Crippen LogP contribution >= 0.6 is 0 Å². The third-order valence-electron chi connectivity index (χ3n) is 6.01. The number of nitrogens with one attached hydrogen (secondary N) is 1. The Hall–Kier alpha value is -3.14. The van der Waals surface area contributed by atoms with Gasteiger partial charge >= 0.3 is 0 Å². The summed E-state index contributed by atoms with van der Waals surface area (Å²) in [6.45, 7) is 7.26. The molecule has 31 heavy (non-hydrogen) atoms. The molecule has 1 unspecified atom stereocenters. The molecule has 0 spiro atoms. The molecular weight excluding hydrogens is 396 g/mol. The lowest BCUT2D eigenvalue weighted by Crippen LogP contribution is -2.36. The van der Waals surface area contributed by atoms with Gasteiger partial charge in [-0.3, -0.25) is 4.79 Å². The van der Waals surface area contributed by atoms with E-state index in [9.17, 15) is 4.79 Å². The summed E-state index contributed by atoms with van der Waals surface area (Å²) in [4.78, 5) is 37.0. The number of hydrogen-bond donors (Lipinski definition) is 1. The van der Waals surface area contributed by atoms with Crippen LogP contribution in [-0.2, 0) is 16.1 Å². The number of anilines is 1. The number of hydrogen-bond acceptors (Lipinski definition) is 8. The van der Waals surface area contributed by atoms with Gasteiger partial charge in [0, 0.05) is 44.7 Å². The predicted octanol–water partition coefficient (Wildman–Crippen LogP) is 1.66. The van der Waals surface area contributed by atoms with Gasteiger partial charge in [0.2, 0.25) is 5.91 Å². The highest BCUT2D eigenvalue weighted by Gasteiger charge is 2.33. The number of aromatic nitrogens is 6. The van der Waals surface area contributed by atoms with E-state index in [1.54, 1.807) is 18.7 Å². The maximum atomic E-state index is 12.7. The first-order valence-corrected chi connectivity index (χ1v) is 10.8. The van der Waals surface area contributed by atoms with Gasteiger partial charge in [-0.15, -0.1) is 0 Å². The Kier molecular flexibility index (Phi) is 5.23. The monoisotopic (exact) mass is 422 g/mol. The van der Waals surface area contributed by atoms with Gasteiger partial charge in [0.1, 0.15) is 18.0 Å². The molecule has 0 saturated carbocycles. The normalized spacial score (nSPS) is 21.2.